The van der Waals surface area contributed by atoms with Crippen molar-refractivity contribution in [3.8, 4) is 0 Å². The summed E-state index contributed by atoms with van der Waals surface area (Å²) >= 11 is 1.43. The van der Waals surface area contributed by atoms with E-state index < -0.39 is 0 Å². The minimum atomic E-state index is 0.439. The van der Waals surface area contributed by atoms with Gasteiger partial charge in [-0.05, 0) is 18.0 Å². The molecule has 0 aliphatic carbocycles. The van der Waals surface area contributed by atoms with E-state index in [9.17, 15) is 0 Å². The van der Waals surface area contributed by atoms with Crippen LogP contribution in [0.4, 0.5) is 5.69 Å². The van der Waals surface area contributed by atoms with Crippen LogP contribution in [-0.4, -0.2) is 10.9 Å². The first-order valence-corrected chi connectivity index (χ1v) is 3.89. The van der Waals surface area contributed by atoms with Gasteiger partial charge in [-0.15, -0.1) is 0 Å². The first-order valence-electron chi connectivity index (χ1n) is 3.07. The maximum absolute atomic E-state index is 5.45. The van der Waals surface area contributed by atoms with Crippen molar-refractivity contribution in [2.75, 3.05) is 0 Å². The highest BCUT2D eigenvalue weighted by molar-refractivity contribution is 7.98. The van der Waals surface area contributed by atoms with Crippen LogP contribution in [0.2, 0.25) is 0 Å². The van der Waals surface area contributed by atoms with Crippen LogP contribution in [0, 0.1) is 0 Å². The average molecular weight is 166 g/mol. The molecule has 0 radical (unpaired) electrons. The fourth-order valence-electron chi connectivity index (χ4n) is 0.803. The Bertz CT molecular complexity index is 309. The number of hydrogen-bond donors (Lipinski definition) is 2. The maximum Gasteiger partial charge on any atom is 0.204 e. The number of nitrogens with one attached hydrogen (secondary N) is 1. The van der Waals surface area contributed by atoms with Crippen LogP contribution in [0.25, 0.3) is 0 Å². The van der Waals surface area contributed by atoms with Crippen LogP contribution >= 0.6 is 11.9 Å². The van der Waals surface area contributed by atoms with E-state index in [1.165, 1.54) is 11.9 Å². The Morgan fingerprint density at radius 3 is 3.36 bits per heavy atom. The van der Waals surface area contributed by atoms with Crippen molar-refractivity contribution >= 4 is 23.6 Å². The Morgan fingerprint density at radius 1 is 1.55 bits per heavy atom. The second-order valence-electron chi connectivity index (χ2n) is 2.04. The minimum Gasteiger partial charge on any atom is -0.369 e. The van der Waals surface area contributed by atoms with Gasteiger partial charge in [0.1, 0.15) is 0 Å². The summed E-state index contributed by atoms with van der Waals surface area (Å²) in [7, 11) is 0. The summed E-state index contributed by atoms with van der Waals surface area (Å²) in [6.07, 6.45) is 3.45. The number of nitrogens with zero attached hydrogens (tertiary/aromatic N) is 2. The predicted octanol–water partition coefficient (Wildman–Crippen LogP) is 0.638. The normalized spacial score (nSPS) is 14.7. The van der Waals surface area contributed by atoms with Crippen molar-refractivity contribution in [2.45, 2.75) is 4.90 Å². The standard InChI is InChI=1S/C6H6N4S/c7-6-9-4-1-2-8-3-5(4)11-10-6/h1-3H,(H3,7,9,10). The number of fused-ring (bicyclic) bond motifs is 1. The van der Waals surface area contributed by atoms with Gasteiger partial charge in [-0.1, -0.05) is 0 Å². The van der Waals surface area contributed by atoms with Gasteiger partial charge in [0.25, 0.3) is 0 Å². The summed E-state index contributed by atoms with van der Waals surface area (Å²) < 4.78 is 2.84. The smallest absolute Gasteiger partial charge is 0.204 e. The lowest BCUT2D eigenvalue weighted by Crippen LogP contribution is -2.27. The molecule has 0 unspecified atom stereocenters. The second kappa shape index (κ2) is 2.43. The molecule has 56 valence electrons. The van der Waals surface area contributed by atoms with Crippen LogP contribution in [0.15, 0.2) is 28.3 Å². The molecule has 0 amide bonds. The van der Waals surface area contributed by atoms with E-state index in [-0.39, 0.29) is 0 Å². The average Bonchev–Trinajstić information content (AvgIpc) is 2.04. The molecule has 1 aliphatic heterocycles. The predicted molar refractivity (Wildman–Crippen MR) is 44.5 cm³/mol. The first kappa shape index (κ1) is 6.48. The SMILES string of the molecule is NC1=Nc2ccncc2SN1. The molecular weight excluding hydrogens is 160 g/mol. The number of rotatable bonds is 0. The molecule has 1 aromatic rings. The van der Waals surface area contributed by atoms with Gasteiger partial charge in [-0.2, -0.15) is 0 Å². The summed E-state index contributed by atoms with van der Waals surface area (Å²) in [6.45, 7) is 0. The number of aliphatic imine (C=N–C) groups is 1. The zero-order valence-corrected chi connectivity index (χ0v) is 6.43. The lowest BCUT2D eigenvalue weighted by molar-refractivity contribution is 1.18. The molecule has 0 fully saturated rings. The van der Waals surface area contributed by atoms with E-state index in [1.54, 1.807) is 12.4 Å². The van der Waals surface area contributed by atoms with Gasteiger partial charge in [0.05, 0.1) is 10.6 Å². The highest BCUT2D eigenvalue weighted by Crippen LogP contribution is 2.28. The summed E-state index contributed by atoms with van der Waals surface area (Å²) in [5, 5.41) is 0. The Balaban J connectivity index is 2.51. The van der Waals surface area contributed by atoms with E-state index >= 15 is 0 Å². The number of guanidine groups is 1. The van der Waals surface area contributed by atoms with Crippen molar-refractivity contribution in [2.24, 2.45) is 10.7 Å². The summed E-state index contributed by atoms with van der Waals surface area (Å²) in [5.74, 6) is 0.439. The van der Waals surface area contributed by atoms with E-state index in [1.807, 2.05) is 6.07 Å². The highest BCUT2D eigenvalue weighted by atomic mass is 32.2. The van der Waals surface area contributed by atoms with Crippen molar-refractivity contribution < 1.29 is 0 Å². The zero-order chi connectivity index (χ0) is 7.68. The molecule has 2 rings (SSSR count). The molecule has 1 aromatic heterocycles. The largest absolute Gasteiger partial charge is 0.369 e. The third kappa shape index (κ3) is 1.14. The Kier molecular flexibility index (Phi) is 1.43. The lowest BCUT2D eigenvalue weighted by atomic mass is 10.4. The molecule has 0 saturated heterocycles. The zero-order valence-electron chi connectivity index (χ0n) is 5.61. The van der Waals surface area contributed by atoms with Crippen molar-refractivity contribution in [1.29, 1.82) is 0 Å². The van der Waals surface area contributed by atoms with Gasteiger partial charge in [0, 0.05) is 12.4 Å². The summed E-state index contributed by atoms with van der Waals surface area (Å²) in [5.41, 5.74) is 6.32. The van der Waals surface area contributed by atoms with E-state index in [2.05, 4.69) is 14.7 Å². The fourth-order valence-corrected chi connectivity index (χ4v) is 1.40. The Hall–Kier alpha value is -1.23. The molecule has 1 aliphatic rings. The fraction of sp³-hybridized carbons (Fsp3) is 0. The number of hydrogen-bond acceptors (Lipinski definition) is 5. The summed E-state index contributed by atoms with van der Waals surface area (Å²) in [4.78, 5) is 9.02. The second-order valence-corrected chi connectivity index (χ2v) is 2.89. The topological polar surface area (TPSA) is 63.3 Å². The molecule has 0 aromatic carbocycles. The first-order chi connectivity index (χ1) is 5.36. The lowest BCUT2D eigenvalue weighted by Gasteiger charge is -2.11. The molecular formula is C6H6N4S. The monoisotopic (exact) mass is 166 g/mol. The molecule has 0 bridgehead atoms. The van der Waals surface area contributed by atoms with Crippen molar-refractivity contribution in [3.05, 3.63) is 18.5 Å². The molecule has 0 spiro atoms. The maximum atomic E-state index is 5.45. The molecule has 2 heterocycles. The molecule has 3 N–H and O–H groups in total. The third-order valence-electron chi connectivity index (χ3n) is 1.27. The number of pyridine rings is 1. The Morgan fingerprint density at radius 2 is 2.45 bits per heavy atom. The minimum absolute atomic E-state index is 0.439. The molecule has 11 heavy (non-hydrogen) atoms. The van der Waals surface area contributed by atoms with E-state index in [0.717, 1.165) is 10.6 Å². The molecule has 5 heteroatoms. The van der Waals surface area contributed by atoms with E-state index in [0.29, 0.717) is 5.96 Å². The Labute approximate surface area is 68.1 Å². The van der Waals surface area contributed by atoms with Gasteiger partial charge in [-0.25, -0.2) is 4.99 Å². The molecule has 4 nitrogen and oxygen atoms in total. The van der Waals surface area contributed by atoms with E-state index in [4.69, 9.17) is 5.73 Å². The van der Waals surface area contributed by atoms with Gasteiger partial charge in [0.2, 0.25) is 5.96 Å². The summed E-state index contributed by atoms with van der Waals surface area (Å²) in [6, 6.07) is 1.83. The number of nitrogens with two attached hydrogens (primary N) is 1. The van der Waals surface area contributed by atoms with Gasteiger partial charge in [0.15, 0.2) is 0 Å². The van der Waals surface area contributed by atoms with Crippen molar-refractivity contribution in [1.82, 2.24) is 9.71 Å². The molecule has 0 saturated carbocycles. The van der Waals surface area contributed by atoms with Gasteiger partial charge < -0.3 is 5.73 Å². The van der Waals surface area contributed by atoms with Crippen LogP contribution < -0.4 is 10.5 Å². The van der Waals surface area contributed by atoms with Crippen molar-refractivity contribution in [3.63, 3.8) is 0 Å². The quantitative estimate of drug-likeness (QED) is 0.555. The van der Waals surface area contributed by atoms with Crippen LogP contribution in [-0.2, 0) is 0 Å². The van der Waals surface area contributed by atoms with Crippen LogP contribution in [0.3, 0.4) is 0 Å². The van der Waals surface area contributed by atoms with Gasteiger partial charge in [-0.3, -0.25) is 9.71 Å². The third-order valence-corrected chi connectivity index (χ3v) is 2.11. The van der Waals surface area contributed by atoms with Crippen LogP contribution in [0.1, 0.15) is 0 Å². The van der Waals surface area contributed by atoms with Crippen LogP contribution in [0.5, 0.6) is 0 Å². The number of aromatic nitrogens is 1. The molecule has 0 atom stereocenters. The van der Waals surface area contributed by atoms with Gasteiger partial charge >= 0.3 is 0 Å². The highest BCUT2D eigenvalue weighted by Gasteiger charge is 2.08.